The van der Waals surface area contributed by atoms with Crippen molar-refractivity contribution in [3.05, 3.63) is 76.9 Å². The Morgan fingerprint density at radius 1 is 1.00 bits per heavy atom. The molecular formula is C20H22O2SSe. The van der Waals surface area contributed by atoms with Gasteiger partial charge in [-0.1, -0.05) is 0 Å². The minimum absolute atomic E-state index is 0.0263. The second kappa shape index (κ2) is 8.00. The van der Waals surface area contributed by atoms with Gasteiger partial charge in [-0.15, -0.1) is 0 Å². The molecule has 0 fully saturated rings. The summed E-state index contributed by atoms with van der Waals surface area (Å²) < 4.78 is 27.1. The van der Waals surface area contributed by atoms with Crippen LogP contribution >= 0.6 is 0 Å². The third-order valence-electron chi connectivity index (χ3n) is 3.28. The van der Waals surface area contributed by atoms with Crippen LogP contribution in [0, 0.1) is 5.41 Å². The molecule has 0 spiro atoms. The Bertz CT molecular complexity index is 826. The van der Waals surface area contributed by atoms with Gasteiger partial charge < -0.3 is 0 Å². The summed E-state index contributed by atoms with van der Waals surface area (Å²) in [6, 6.07) is 18.8. The molecule has 0 radical (unpaired) electrons. The average molecular weight is 405 g/mol. The summed E-state index contributed by atoms with van der Waals surface area (Å²) in [6.07, 6.45) is 1.66. The molecule has 0 atom stereocenters. The van der Waals surface area contributed by atoms with Gasteiger partial charge in [0.1, 0.15) is 0 Å². The molecule has 0 saturated carbocycles. The van der Waals surface area contributed by atoms with Gasteiger partial charge in [0.2, 0.25) is 0 Å². The van der Waals surface area contributed by atoms with Crippen LogP contribution in [0.4, 0.5) is 0 Å². The zero-order valence-corrected chi connectivity index (χ0v) is 16.7. The van der Waals surface area contributed by atoms with E-state index in [1.807, 2.05) is 24.3 Å². The first-order valence-corrected chi connectivity index (χ1v) is 11.1. The zero-order chi connectivity index (χ0) is 17.6. The Morgan fingerprint density at radius 3 is 2.08 bits per heavy atom. The Balaban J connectivity index is 2.25. The van der Waals surface area contributed by atoms with Crippen molar-refractivity contribution in [3.8, 4) is 0 Å². The molecule has 4 heteroatoms. The van der Waals surface area contributed by atoms with Crippen molar-refractivity contribution < 1.29 is 8.42 Å². The third-order valence-corrected chi connectivity index (χ3v) is 7.90. The van der Waals surface area contributed by atoms with Crippen LogP contribution in [0.2, 0.25) is 0 Å². The van der Waals surface area contributed by atoms with Gasteiger partial charge in [-0.2, -0.15) is 0 Å². The third kappa shape index (κ3) is 5.50. The van der Waals surface area contributed by atoms with Crippen molar-refractivity contribution in [3.63, 3.8) is 0 Å². The SMILES string of the molecule is CC(C)(C)C(=C=CCS(=O)(=O)c1ccccc1)[Se]c1ccccc1. The van der Waals surface area contributed by atoms with Gasteiger partial charge in [-0.25, -0.2) is 0 Å². The molecule has 0 aliphatic heterocycles. The van der Waals surface area contributed by atoms with E-state index in [2.05, 4.69) is 38.6 Å². The number of sulfone groups is 1. The van der Waals surface area contributed by atoms with Gasteiger partial charge in [0.15, 0.2) is 0 Å². The Labute approximate surface area is 151 Å². The van der Waals surface area contributed by atoms with E-state index in [0.29, 0.717) is 4.90 Å². The topological polar surface area (TPSA) is 34.1 Å². The molecule has 2 rings (SSSR count). The molecule has 0 aliphatic carbocycles. The number of hydrogen-bond acceptors (Lipinski definition) is 2. The van der Waals surface area contributed by atoms with E-state index in [1.54, 1.807) is 30.3 Å². The van der Waals surface area contributed by atoms with E-state index in [-0.39, 0.29) is 26.1 Å². The second-order valence-electron chi connectivity index (χ2n) is 6.44. The molecule has 0 saturated heterocycles. The van der Waals surface area contributed by atoms with E-state index in [1.165, 1.54) is 4.46 Å². The summed E-state index contributed by atoms with van der Waals surface area (Å²) in [6.45, 7) is 6.42. The van der Waals surface area contributed by atoms with E-state index < -0.39 is 9.84 Å². The fourth-order valence-corrected chi connectivity index (χ4v) is 5.09. The molecule has 0 heterocycles. The predicted octanol–water partition coefficient (Wildman–Crippen LogP) is 3.58. The van der Waals surface area contributed by atoms with Gasteiger partial charge in [-0.3, -0.25) is 0 Å². The molecule has 2 aromatic carbocycles. The van der Waals surface area contributed by atoms with Crippen LogP contribution < -0.4 is 4.46 Å². The van der Waals surface area contributed by atoms with Crippen molar-refractivity contribution in [1.82, 2.24) is 0 Å². The van der Waals surface area contributed by atoms with Crippen LogP contribution in [0.15, 0.2) is 81.8 Å². The molecule has 0 bridgehead atoms. The summed E-state index contributed by atoms with van der Waals surface area (Å²) >= 11 is 0.131. The van der Waals surface area contributed by atoms with Gasteiger partial charge >= 0.3 is 151 Å². The van der Waals surface area contributed by atoms with Crippen molar-refractivity contribution in [1.29, 1.82) is 0 Å². The van der Waals surface area contributed by atoms with Crippen LogP contribution in [0.1, 0.15) is 20.8 Å². The van der Waals surface area contributed by atoms with E-state index in [4.69, 9.17) is 0 Å². The van der Waals surface area contributed by atoms with Crippen LogP contribution in [0.25, 0.3) is 0 Å². The first-order valence-electron chi connectivity index (χ1n) is 7.75. The molecule has 0 unspecified atom stereocenters. The van der Waals surface area contributed by atoms with Gasteiger partial charge in [0.05, 0.1) is 0 Å². The number of benzene rings is 2. The fraction of sp³-hybridized carbons (Fsp3) is 0.250. The van der Waals surface area contributed by atoms with E-state index in [0.717, 1.165) is 4.47 Å². The van der Waals surface area contributed by atoms with Gasteiger partial charge in [0.25, 0.3) is 0 Å². The summed E-state index contributed by atoms with van der Waals surface area (Å²) in [5, 5.41) is 0. The molecule has 0 amide bonds. The van der Waals surface area contributed by atoms with Gasteiger partial charge in [-0.05, 0) is 0 Å². The number of rotatable bonds is 5. The molecular weight excluding hydrogens is 383 g/mol. The summed E-state index contributed by atoms with van der Waals surface area (Å²) in [4.78, 5) is 0.355. The Morgan fingerprint density at radius 2 is 1.54 bits per heavy atom. The minimum atomic E-state index is -3.30. The van der Waals surface area contributed by atoms with Crippen LogP contribution in [0.5, 0.6) is 0 Å². The fourth-order valence-electron chi connectivity index (χ4n) is 1.97. The molecule has 0 N–H and O–H groups in total. The molecule has 0 aromatic heterocycles. The standard InChI is InChI=1S/C20H22O2SSe/c1-20(2,3)19(24-18-13-8-5-9-14-18)15-10-16-23(21,22)17-11-6-4-7-12-17/h4-14H,16H2,1-3H3. The van der Waals surface area contributed by atoms with Crippen LogP contribution in [-0.4, -0.2) is 29.1 Å². The first-order chi connectivity index (χ1) is 11.3. The summed E-state index contributed by atoms with van der Waals surface area (Å²) in [7, 11) is -3.30. The van der Waals surface area contributed by atoms with Crippen LogP contribution in [0.3, 0.4) is 0 Å². The molecule has 2 nitrogen and oxygen atoms in total. The monoisotopic (exact) mass is 406 g/mol. The maximum absolute atomic E-state index is 12.3. The Hall–Kier alpha value is -1.57. The molecule has 2 aromatic rings. The maximum atomic E-state index is 12.3. The second-order valence-corrected chi connectivity index (χ2v) is 10.7. The van der Waals surface area contributed by atoms with Gasteiger partial charge in [0, 0.05) is 0 Å². The molecule has 0 aliphatic rings. The quantitative estimate of drug-likeness (QED) is 0.563. The number of hydrogen-bond donors (Lipinski definition) is 0. The molecule has 24 heavy (non-hydrogen) atoms. The van der Waals surface area contributed by atoms with Crippen molar-refractivity contribution in [2.45, 2.75) is 25.7 Å². The Kier molecular flexibility index (Phi) is 6.26. The van der Waals surface area contributed by atoms with Crippen molar-refractivity contribution >= 4 is 29.3 Å². The molecule has 126 valence electrons. The first kappa shape index (κ1) is 18.8. The zero-order valence-electron chi connectivity index (χ0n) is 14.2. The summed E-state index contributed by atoms with van der Waals surface area (Å²) in [5.74, 6) is -0.0263. The normalized spacial score (nSPS) is 11.6. The predicted molar refractivity (Wildman–Crippen MR) is 101 cm³/mol. The van der Waals surface area contributed by atoms with Crippen molar-refractivity contribution in [2.24, 2.45) is 5.41 Å². The summed E-state index contributed by atoms with van der Waals surface area (Å²) in [5.41, 5.74) is 3.24. The van der Waals surface area contributed by atoms with E-state index >= 15 is 0 Å². The van der Waals surface area contributed by atoms with Crippen LogP contribution in [-0.2, 0) is 9.84 Å². The van der Waals surface area contributed by atoms with Crippen molar-refractivity contribution in [2.75, 3.05) is 5.75 Å². The van der Waals surface area contributed by atoms with E-state index in [9.17, 15) is 8.42 Å². The average Bonchev–Trinajstić information content (AvgIpc) is 2.55.